The summed E-state index contributed by atoms with van der Waals surface area (Å²) >= 11 is 12.0. The van der Waals surface area contributed by atoms with Gasteiger partial charge in [-0.15, -0.1) is 12.4 Å². The van der Waals surface area contributed by atoms with Crippen molar-refractivity contribution in [2.45, 2.75) is 0 Å². The van der Waals surface area contributed by atoms with Gasteiger partial charge in [-0.25, -0.2) is 0 Å². The average Bonchev–Trinajstić information content (AvgIpc) is 2.50. The zero-order valence-electron chi connectivity index (χ0n) is 8.18. The molecule has 0 fully saturated rings. The molecule has 0 N–H and O–H groups in total. The number of benzene rings is 1. The molecule has 84 valence electrons. The lowest BCUT2D eigenvalue weighted by Crippen LogP contribution is -2.06. The van der Waals surface area contributed by atoms with Gasteiger partial charge in [-0.05, 0) is 18.2 Å². The minimum Gasteiger partial charge on any atom is -0.321 e. The Morgan fingerprint density at radius 3 is 2.75 bits per heavy atom. The molecule has 0 saturated carbocycles. The fraction of sp³-hybridized carbons (Fsp3) is 0. The maximum absolute atomic E-state index is 6.10. The van der Waals surface area contributed by atoms with Crippen LogP contribution in [0, 0.1) is 0 Å². The van der Waals surface area contributed by atoms with Crippen molar-refractivity contribution in [1.29, 1.82) is 0 Å². The Hall–Kier alpha value is -0.960. The highest BCUT2D eigenvalue weighted by molar-refractivity contribution is 6.43. The Balaban J connectivity index is 0.00000128. The van der Waals surface area contributed by atoms with Gasteiger partial charge in [0.05, 0.1) is 15.7 Å². The van der Waals surface area contributed by atoms with Crippen LogP contribution in [0.15, 0.2) is 47.9 Å². The maximum Gasteiger partial charge on any atom is 0.0832 e. The smallest absolute Gasteiger partial charge is 0.0832 e. The maximum atomic E-state index is 6.10. The fourth-order valence-corrected chi connectivity index (χ4v) is 1.64. The van der Waals surface area contributed by atoms with Crippen LogP contribution in [0.2, 0.25) is 10.0 Å². The van der Waals surface area contributed by atoms with Gasteiger partial charge in [0, 0.05) is 24.8 Å². The zero-order valence-corrected chi connectivity index (χ0v) is 10.5. The Labute approximate surface area is 110 Å². The molecule has 0 aromatic heterocycles. The number of anilines is 1. The molecule has 0 unspecified atom stereocenters. The number of rotatable bonds is 1. The predicted molar refractivity (Wildman–Crippen MR) is 73.0 cm³/mol. The lowest BCUT2D eigenvalue weighted by Gasteiger charge is -2.16. The second kappa shape index (κ2) is 5.94. The van der Waals surface area contributed by atoms with Gasteiger partial charge in [-0.1, -0.05) is 29.3 Å². The first-order valence-electron chi connectivity index (χ1n) is 4.38. The van der Waals surface area contributed by atoms with Crippen molar-refractivity contribution in [3.05, 3.63) is 52.9 Å². The van der Waals surface area contributed by atoms with Gasteiger partial charge >= 0.3 is 0 Å². The van der Waals surface area contributed by atoms with Gasteiger partial charge in [-0.2, -0.15) is 0 Å². The minimum atomic E-state index is 0. The van der Waals surface area contributed by atoms with E-state index in [-0.39, 0.29) is 12.4 Å². The molecule has 0 radical (unpaired) electrons. The normalized spacial score (nSPS) is 13.5. The van der Waals surface area contributed by atoms with E-state index >= 15 is 0 Å². The van der Waals surface area contributed by atoms with E-state index in [1.807, 2.05) is 35.5 Å². The van der Waals surface area contributed by atoms with Gasteiger partial charge in [0.2, 0.25) is 0 Å². The molecule has 1 aromatic carbocycles. The van der Waals surface area contributed by atoms with Crippen molar-refractivity contribution in [3.8, 4) is 0 Å². The summed E-state index contributed by atoms with van der Waals surface area (Å²) in [6.45, 7) is 0. The summed E-state index contributed by atoms with van der Waals surface area (Å²) in [5.41, 5.74) is 0.835. The Morgan fingerprint density at radius 1 is 1.12 bits per heavy atom. The molecule has 0 spiro atoms. The SMILES string of the molecule is Cl.Clc1cccc(N2C=CC=NC=C2)c1Cl. The minimum absolute atomic E-state index is 0. The second-order valence-electron chi connectivity index (χ2n) is 2.92. The first kappa shape index (κ1) is 13.1. The number of halogens is 3. The molecular formula is C11H9Cl3N2. The average molecular weight is 276 g/mol. The predicted octanol–water partition coefficient (Wildman–Crippen LogP) is 4.29. The highest BCUT2D eigenvalue weighted by atomic mass is 35.5. The van der Waals surface area contributed by atoms with Crippen LogP contribution in [0.4, 0.5) is 5.69 Å². The molecular weight excluding hydrogens is 266 g/mol. The van der Waals surface area contributed by atoms with Crippen LogP contribution < -0.4 is 4.90 Å². The van der Waals surface area contributed by atoms with E-state index in [2.05, 4.69) is 4.99 Å². The molecule has 1 aliphatic heterocycles. The summed E-state index contributed by atoms with van der Waals surface area (Å²) in [7, 11) is 0. The van der Waals surface area contributed by atoms with Crippen LogP contribution in [-0.4, -0.2) is 6.21 Å². The number of aliphatic imine (C=N–C) groups is 1. The van der Waals surface area contributed by atoms with Crippen molar-refractivity contribution in [3.63, 3.8) is 0 Å². The molecule has 2 rings (SSSR count). The summed E-state index contributed by atoms with van der Waals surface area (Å²) in [5.74, 6) is 0. The van der Waals surface area contributed by atoms with Gasteiger partial charge in [0.1, 0.15) is 0 Å². The number of hydrogen-bond donors (Lipinski definition) is 0. The van der Waals surface area contributed by atoms with Crippen LogP contribution in [0.1, 0.15) is 0 Å². The van der Waals surface area contributed by atoms with E-state index in [1.54, 1.807) is 18.5 Å². The van der Waals surface area contributed by atoms with E-state index < -0.39 is 0 Å². The standard InChI is InChI=1S/C11H8Cl2N2.ClH/c12-9-3-1-4-10(11(9)13)15-7-2-5-14-6-8-15;/h1-8H;1H. The summed E-state index contributed by atoms with van der Waals surface area (Å²) in [4.78, 5) is 5.85. The van der Waals surface area contributed by atoms with Crippen molar-refractivity contribution in [1.82, 2.24) is 0 Å². The first-order valence-corrected chi connectivity index (χ1v) is 5.13. The molecule has 0 amide bonds. The summed E-state index contributed by atoms with van der Waals surface area (Å²) in [6, 6.07) is 5.51. The summed E-state index contributed by atoms with van der Waals surface area (Å²) < 4.78 is 0. The third-order valence-corrected chi connectivity index (χ3v) is 2.75. The van der Waals surface area contributed by atoms with Crippen LogP contribution in [-0.2, 0) is 0 Å². The third-order valence-electron chi connectivity index (χ3n) is 1.94. The van der Waals surface area contributed by atoms with E-state index in [0.29, 0.717) is 10.0 Å². The number of hydrogen-bond acceptors (Lipinski definition) is 2. The molecule has 1 aromatic rings. The topological polar surface area (TPSA) is 15.6 Å². The van der Waals surface area contributed by atoms with Crippen LogP contribution in [0.5, 0.6) is 0 Å². The van der Waals surface area contributed by atoms with E-state index in [1.165, 1.54) is 0 Å². The molecule has 2 nitrogen and oxygen atoms in total. The largest absolute Gasteiger partial charge is 0.321 e. The Kier molecular flexibility index (Phi) is 4.87. The van der Waals surface area contributed by atoms with Crippen molar-refractivity contribution in [2.24, 2.45) is 4.99 Å². The van der Waals surface area contributed by atoms with Crippen molar-refractivity contribution >= 4 is 47.5 Å². The van der Waals surface area contributed by atoms with E-state index in [4.69, 9.17) is 23.2 Å². The zero-order chi connectivity index (χ0) is 10.7. The molecule has 5 heteroatoms. The van der Waals surface area contributed by atoms with E-state index in [0.717, 1.165) is 5.69 Å². The summed E-state index contributed by atoms with van der Waals surface area (Å²) in [6.07, 6.45) is 8.91. The van der Waals surface area contributed by atoms with Crippen LogP contribution >= 0.6 is 35.6 Å². The Morgan fingerprint density at radius 2 is 1.94 bits per heavy atom. The van der Waals surface area contributed by atoms with E-state index in [9.17, 15) is 0 Å². The van der Waals surface area contributed by atoms with Crippen LogP contribution in [0.25, 0.3) is 0 Å². The Bertz CT molecular complexity index is 437. The third kappa shape index (κ3) is 2.79. The monoisotopic (exact) mass is 274 g/mol. The van der Waals surface area contributed by atoms with Crippen molar-refractivity contribution < 1.29 is 0 Å². The highest BCUT2D eigenvalue weighted by Crippen LogP contribution is 2.32. The van der Waals surface area contributed by atoms with Gasteiger partial charge in [-0.3, -0.25) is 4.99 Å². The number of nitrogens with zero attached hydrogens (tertiary/aromatic N) is 2. The lowest BCUT2D eigenvalue weighted by atomic mass is 10.3. The van der Waals surface area contributed by atoms with Crippen molar-refractivity contribution in [2.75, 3.05) is 4.90 Å². The van der Waals surface area contributed by atoms with Crippen LogP contribution in [0.3, 0.4) is 0 Å². The lowest BCUT2D eigenvalue weighted by molar-refractivity contribution is 1.28. The molecule has 1 aliphatic rings. The second-order valence-corrected chi connectivity index (χ2v) is 3.70. The number of allylic oxidation sites excluding steroid dienone is 1. The molecule has 0 aliphatic carbocycles. The highest BCUT2D eigenvalue weighted by Gasteiger charge is 2.08. The molecule has 0 saturated heterocycles. The molecule has 16 heavy (non-hydrogen) atoms. The molecule has 0 atom stereocenters. The fourth-order valence-electron chi connectivity index (χ4n) is 1.24. The molecule has 1 heterocycles. The van der Waals surface area contributed by atoms with Gasteiger partial charge in [0.15, 0.2) is 0 Å². The van der Waals surface area contributed by atoms with Gasteiger partial charge in [0.25, 0.3) is 0 Å². The quantitative estimate of drug-likeness (QED) is 0.746. The molecule has 0 bridgehead atoms. The summed E-state index contributed by atoms with van der Waals surface area (Å²) in [5, 5.41) is 1.08. The van der Waals surface area contributed by atoms with Gasteiger partial charge < -0.3 is 4.90 Å². The first-order chi connectivity index (χ1) is 7.29.